The van der Waals surface area contributed by atoms with Gasteiger partial charge >= 0.3 is 0 Å². The number of methoxy groups -OCH3 is 1. The lowest BCUT2D eigenvalue weighted by Gasteiger charge is -2.11. The second-order valence-corrected chi connectivity index (χ2v) is 5.53. The molecule has 0 saturated carbocycles. The van der Waals surface area contributed by atoms with Gasteiger partial charge in [-0.2, -0.15) is 0 Å². The maximum atomic E-state index is 5.36. The third-order valence-corrected chi connectivity index (χ3v) is 4.10. The number of benzene rings is 1. The molecule has 0 aliphatic carbocycles. The number of hydrogen-bond donors (Lipinski definition) is 1. The zero-order valence-corrected chi connectivity index (χ0v) is 11.9. The Morgan fingerprint density at radius 1 is 1.17 bits per heavy atom. The minimum absolute atomic E-state index is 0.852. The standard InChI is InChI=1S/C15H19NOS/c1-4-12-6-7-13(18-12)10-16-14-9-11(2)5-8-15(14)17-3/h5-9,16H,4,10H2,1-3H3. The molecule has 1 aromatic heterocycles. The molecule has 0 amide bonds. The zero-order valence-electron chi connectivity index (χ0n) is 11.1. The first-order chi connectivity index (χ1) is 8.72. The second kappa shape index (κ2) is 5.91. The van der Waals surface area contributed by atoms with Crippen LogP contribution in [0.3, 0.4) is 0 Å². The molecule has 0 radical (unpaired) electrons. The van der Waals surface area contributed by atoms with Crippen molar-refractivity contribution in [2.24, 2.45) is 0 Å². The highest BCUT2D eigenvalue weighted by Crippen LogP contribution is 2.26. The van der Waals surface area contributed by atoms with E-state index in [0.717, 1.165) is 24.4 Å². The molecular weight excluding hydrogens is 242 g/mol. The van der Waals surface area contributed by atoms with Crippen molar-refractivity contribution < 1.29 is 4.74 Å². The number of nitrogens with one attached hydrogen (secondary N) is 1. The molecule has 0 fully saturated rings. The second-order valence-electron chi connectivity index (χ2n) is 4.28. The SMILES string of the molecule is CCc1ccc(CNc2cc(C)ccc2OC)s1. The molecule has 0 aliphatic rings. The van der Waals surface area contributed by atoms with Crippen LogP contribution in [0, 0.1) is 6.92 Å². The van der Waals surface area contributed by atoms with E-state index in [1.807, 2.05) is 17.4 Å². The number of hydrogen-bond acceptors (Lipinski definition) is 3. The first kappa shape index (κ1) is 13.0. The van der Waals surface area contributed by atoms with Gasteiger partial charge < -0.3 is 10.1 Å². The Labute approximate surface area is 113 Å². The van der Waals surface area contributed by atoms with E-state index >= 15 is 0 Å². The average Bonchev–Trinajstić information content (AvgIpc) is 2.84. The van der Waals surface area contributed by atoms with Gasteiger partial charge in [0.2, 0.25) is 0 Å². The van der Waals surface area contributed by atoms with Gasteiger partial charge in [-0.1, -0.05) is 13.0 Å². The number of ether oxygens (including phenoxy) is 1. The summed E-state index contributed by atoms with van der Waals surface area (Å²) < 4.78 is 5.36. The summed E-state index contributed by atoms with van der Waals surface area (Å²) >= 11 is 1.87. The lowest BCUT2D eigenvalue weighted by Crippen LogP contribution is -2.00. The highest BCUT2D eigenvalue weighted by molar-refractivity contribution is 7.12. The van der Waals surface area contributed by atoms with Crippen molar-refractivity contribution in [3.63, 3.8) is 0 Å². The summed E-state index contributed by atoms with van der Waals surface area (Å²) in [5.41, 5.74) is 2.29. The third-order valence-electron chi connectivity index (χ3n) is 2.87. The summed E-state index contributed by atoms with van der Waals surface area (Å²) in [6.07, 6.45) is 1.11. The van der Waals surface area contributed by atoms with Gasteiger partial charge in [0.25, 0.3) is 0 Å². The van der Waals surface area contributed by atoms with E-state index in [1.165, 1.54) is 15.3 Å². The summed E-state index contributed by atoms with van der Waals surface area (Å²) in [7, 11) is 1.70. The molecule has 3 heteroatoms. The monoisotopic (exact) mass is 261 g/mol. The Hall–Kier alpha value is -1.48. The number of rotatable bonds is 5. The number of anilines is 1. The molecule has 2 aromatic rings. The quantitative estimate of drug-likeness (QED) is 0.869. The molecule has 18 heavy (non-hydrogen) atoms. The third kappa shape index (κ3) is 3.05. The smallest absolute Gasteiger partial charge is 0.141 e. The van der Waals surface area contributed by atoms with E-state index in [2.05, 4.69) is 43.4 Å². The van der Waals surface area contributed by atoms with Gasteiger partial charge in [-0.25, -0.2) is 0 Å². The Kier molecular flexibility index (Phi) is 4.26. The Bertz CT molecular complexity index is 519. The van der Waals surface area contributed by atoms with Gasteiger partial charge in [0.1, 0.15) is 5.75 Å². The van der Waals surface area contributed by atoms with Crippen LogP contribution < -0.4 is 10.1 Å². The summed E-state index contributed by atoms with van der Waals surface area (Å²) in [5, 5.41) is 3.44. The molecule has 2 nitrogen and oxygen atoms in total. The van der Waals surface area contributed by atoms with Crippen molar-refractivity contribution in [1.82, 2.24) is 0 Å². The molecule has 0 bridgehead atoms. The van der Waals surface area contributed by atoms with Crippen LogP contribution >= 0.6 is 11.3 Å². The van der Waals surface area contributed by atoms with Gasteiger partial charge in [-0.05, 0) is 43.2 Å². The predicted octanol–water partition coefficient (Wildman–Crippen LogP) is 4.24. The fourth-order valence-electron chi connectivity index (χ4n) is 1.85. The van der Waals surface area contributed by atoms with Crippen molar-refractivity contribution >= 4 is 17.0 Å². The van der Waals surface area contributed by atoms with Crippen molar-refractivity contribution in [1.29, 1.82) is 0 Å². The van der Waals surface area contributed by atoms with E-state index in [-0.39, 0.29) is 0 Å². The van der Waals surface area contributed by atoms with Gasteiger partial charge in [0.15, 0.2) is 0 Å². The van der Waals surface area contributed by atoms with Crippen LogP contribution in [0.2, 0.25) is 0 Å². The topological polar surface area (TPSA) is 21.3 Å². The molecule has 1 heterocycles. The van der Waals surface area contributed by atoms with Crippen molar-refractivity contribution in [3.8, 4) is 5.75 Å². The zero-order chi connectivity index (χ0) is 13.0. The molecule has 1 N–H and O–H groups in total. The largest absolute Gasteiger partial charge is 0.495 e. The molecule has 0 unspecified atom stereocenters. The molecule has 0 spiro atoms. The van der Waals surface area contributed by atoms with Crippen LogP contribution in [0.5, 0.6) is 5.75 Å². The fraction of sp³-hybridized carbons (Fsp3) is 0.333. The average molecular weight is 261 g/mol. The fourth-order valence-corrected chi connectivity index (χ4v) is 2.75. The molecule has 1 aromatic carbocycles. The first-order valence-corrected chi connectivity index (χ1v) is 7.00. The van der Waals surface area contributed by atoms with Crippen LogP contribution in [0.1, 0.15) is 22.2 Å². The van der Waals surface area contributed by atoms with Crippen LogP contribution in [0.4, 0.5) is 5.69 Å². The molecular formula is C15H19NOS. The molecule has 0 saturated heterocycles. The van der Waals surface area contributed by atoms with Crippen molar-refractivity contribution in [2.75, 3.05) is 12.4 Å². The highest BCUT2D eigenvalue weighted by Gasteiger charge is 2.04. The Balaban J connectivity index is 2.07. The van der Waals surface area contributed by atoms with Crippen LogP contribution in [-0.4, -0.2) is 7.11 Å². The van der Waals surface area contributed by atoms with Crippen LogP contribution in [-0.2, 0) is 13.0 Å². The van der Waals surface area contributed by atoms with Crippen LogP contribution in [0.25, 0.3) is 0 Å². The normalized spacial score (nSPS) is 10.4. The number of thiophene rings is 1. The molecule has 0 atom stereocenters. The minimum atomic E-state index is 0.852. The van der Waals surface area contributed by atoms with E-state index in [4.69, 9.17) is 4.74 Å². The van der Waals surface area contributed by atoms with Gasteiger partial charge in [-0.15, -0.1) is 11.3 Å². The molecule has 2 rings (SSSR count). The Morgan fingerprint density at radius 3 is 2.61 bits per heavy atom. The van der Waals surface area contributed by atoms with Gasteiger partial charge in [-0.3, -0.25) is 0 Å². The summed E-state index contributed by atoms with van der Waals surface area (Å²) in [6, 6.07) is 10.6. The van der Waals surface area contributed by atoms with Gasteiger partial charge in [0.05, 0.1) is 12.8 Å². The lowest BCUT2D eigenvalue weighted by atomic mass is 10.2. The summed E-state index contributed by atoms with van der Waals surface area (Å²) in [5.74, 6) is 0.896. The maximum Gasteiger partial charge on any atom is 0.141 e. The molecule has 96 valence electrons. The van der Waals surface area contributed by atoms with Crippen LogP contribution in [0.15, 0.2) is 30.3 Å². The van der Waals surface area contributed by atoms with E-state index in [0.29, 0.717) is 0 Å². The molecule has 0 aliphatic heterocycles. The van der Waals surface area contributed by atoms with Crippen molar-refractivity contribution in [3.05, 3.63) is 45.6 Å². The van der Waals surface area contributed by atoms with E-state index in [1.54, 1.807) is 7.11 Å². The highest BCUT2D eigenvalue weighted by atomic mass is 32.1. The first-order valence-electron chi connectivity index (χ1n) is 6.19. The Morgan fingerprint density at radius 2 is 1.94 bits per heavy atom. The van der Waals surface area contributed by atoms with E-state index in [9.17, 15) is 0 Å². The lowest BCUT2D eigenvalue weighted by molar-refractivity contribution is 0.416. The number of aryl methyl sites for hydroxylation is 2. The maximum absolute atomic E-state index is 5.36. The minimum Gasteiger partial charge on any atom is -0.495 e. The van der Waals surface area contributed by atoms with E-state index < -0.39 is 0 Å². The predicted molar refractivity (Wildman–Crippen MR) is 78.8 cm³/mol. The van der Waals surface area contributed by atoms with Crippen molar-refractivity contribution in [2.45, 2.75) is 26.8 Å². The summed E-state index contributed by atoms with van der Waals surface area (Å²) in [6.45, 7) is 5.13. The summed E-state index contributed by atoms with van der Waals surface area (Å²) in [4.78, 5) is 2.79. The van der Waals surface area contributed by atoms with Gasteiger partial charge in [0, 0.05) is 16.3 Å².